The molecule has 3 nitrogen and oxygen atoms in total. The zero-order valence-corrected chi connectivity index (χ0v) is 10.7. The quantitative estimate of drug-likeness (QED) is 0.680. The third kappa shape index (κ3) is 1.74. The third-order valence-corrected chi connectivity index (χ3v) is 3.32. The number of aromatic nitrogens is 2. The standard InChI is InChI=1S/C13H9BrN2O/c1-8-15-16-13(17-8)11-6-2-5-10-9(11)4-3-7-12(10)14/h2-7H,1H3. The Labute approximate surface area is 107 Å². The summed E-state index contributed by atoms with van der Waals surface area (Å²) < 4.78 is 6.54. The van der Waals surface area contributed by atoms with Crippen LogP contribution in [-0.4, -0.2) is 10.2 Å². The highest BCUT2D eigenvalue weighted by molar-refractivity contribution is 9.10. The lowest BCUT2D eigenvalue weighted by molar-refractivity contribution is 0.533. The molecule has 0 N–H and O–H groups in total. The summed E-state index contributed by atoms with van der Waals surface area (Å²) in [6.45, 7) is 1.79. The van der Waals surface area contributed by atoms with Crippen molar-refractivity contribution in [3.63, 3.8) is 0 Å². The number of rotatable bonds is 1. The Hall–Kier alpha value is -1.68. The third-order valence-electron chi connectivity index (χ3n) is 2.63. The summed E-state index contributed by atoms with van der Waals surface area (Å²) in [7, 11) is 0. The molecule has 0 saturated carbocycles. The molecule has 84 valence electrons. The number of hydrogen-bond acceptors (Lipinski definition) is 3. The van der Waals surface area contributed by atoms with E-state index in [9.17, 15) is 0 Å². The number of benzene rings is 2. The Morgan fingerprint density at radius 2 is 1.76 bits per heavy atom. The van der Waals surface area contributed by atoms with E-state index in [-0.39, 0.29) is 0 Å². The lowest BCUT2D eigenvalue weighted by Gasteiger charge is -2.03. The minimum absolute atomic E-state index is 0.561. The van der Waals surface area contributed by atoms with Gasteiger partial charge in [-0.15, -0.1) is 10.2 Å². The van der Waals surface area contributed by atoms with Gasteiger partial charge in [-0.2, -0.15) is 0 Å². The first kappa shape index (κ1) is 10.5. The van der Waals surface area contributed by atoms with Crippen LogP contribution in [0.2, 0.25) is 0 Å². The minimum Gasteiger partial charge on any atom is -0.421 e. The topological polar surface area (TPSA) is 38.9 Å². The number of halogens is 1. The van der Waals surface area contributed by atoms with Crippen LogP contribution in [0.5, 0.6) is 0 Å². The molecule has 0 bridgehead atoms. The molecule has 3 aromatic rings. The largest absolute Gasteiger partial charge is 0.421 e. The van der Waals surface area contributed by atoms with Gasteiger partial charge in [0.2, 0.25) is 11.8 Å². The summed E-state index contributed by atoms with van der Waals surface area (Å²) in [6, 6.07) is 12.1. The van der Waals surface area contributed by atoms with Crippen molar-refractivity contribution in [3.05, 3.63) is 46.8 Å². The molecule has 1 aromatic heterocycles. The van der Waals surface area contributed by atoms with Gasteiger partial charge in [0, 0.05) is 17.0 Å². The summed E-state index contributed by atoms with van der Waals surface area (Å²) in [4.78, 5) is 0. The molecule has 0 aliphatic heterocycles. The molecule has 0 atom stereocenters. The lowest BCUT2D eigenvalue weighted by atomic mass is 10.0. The monoisotopic (exact) mass is 288 g/mol. The zero-order chi connectivity index (χ0) is 11.8. The van der Waals surface area contributed by atoms with Gasteiger partial charge < -0.3 is 4.42 Å². The number of nitrogens with zero attached hydrogens (tertiary/aromatic N) is 2. The van der Waals surface area contributed by atoms with Gasteiger partial charge in [-0.3, -0.25) is 0 Å². The van der Waals surface area contributed by atoms with Crippen LogP contribution in [0.25, 0.3) is 22.2 Å². The fourth-order valence-electron chi connectivity index (χ4n) is 1.86. The summed E-state index contributed by atoms with van der Waals surface area (Å²) in [6.07, 6.45) is 0. The molecule has 3 rings (SSSR count). The van der Waals surface area contributed by atoms with Gasteiger partial charge >= 0.3 is 0 Å². The molecule has 0 radical (unpaired) electrons. The van der Waals surface area contributed by atoms with E-state index >= 15 is 0 Å². The SMILES string of the molecule is Cc1nnc(-c2cccc3c(Br)cccc23)o1. The summed E-state index contributed by atoms with van der Waals surface area (Å²) in [5.74, 6) is 1.14. The molecule has 1 heterocycles. The summed E-state index contributed by atoms with van der Waals surface area (Å²) in [5.41, 5.74) is 0.962. The molecule has 0 saturated heterocycles. The molecule has 4 heteroatoms. The maximum Gasteiger partial charge on any atom is 0.248 e. The van der Waals surface area contributed by atoms with E-state index in [1.54, 1.807) is 6.92 Å². The van der Waals surface area contributed by atoms with Crippen molar-refractivity contribution in [1.82, 2.24) is 10.2 Å². The summed E-state index contributed by atoms with van der Waals surface area (Å²) >= 11 is 3.54. The Morgan fingerprint density at radius 3 is 2.53 bits per heavy atom. The van der Waals surface area contributed by atoms with Crippen LogP contribution in [0.3, 0.4) is 0 Å². The number of aryl methyl sites for hydroxylation is 1. The van der Waals surface area contributed by atoms with E-state index in [2.05, 4.69) is 38.3 Å². The van der Waals surface area contributed by atoms with Crippen LogP contribution in [-0.2, 0) is 0 Å². The maximum atomic E-state index is 5.48. The van der Waals surface area contributed by atoms with Crippen LogP contribution in [0, 0.1) is 6.92 Å². The van der Waals surface area contributed by atoms with Crippen molar-refractivity contribution >= 4 is 26.7 Å². The van der Waals surface area contributed by atoms with E-state index in [0.717, 1.165) is 20.8 Å². The Bertz CT molecular complexity index is 691. The smallest absolute Gasteiger partial charge is 0.248 e. The predicted octanol–water partition coefficient (Wildman–Crippen LogP) is 3.96. The van der Waals surface area contributed by atoms with E-state index < -0.39 is 0 Å². The molecule has 17 heavy (non-hydrogen) atoms. The first-order valence-corrected chi connectivity index (χ1v) is 6.03. The van der Waals surface area contributed by atoms with E-state index in [1.807, 2.05) is 24.3 Å². The molecule has 0 aliphatic carbocycles. The van der Waals surface area contributed by atoms with Gasteiger partial charge in [-0.05, 0) is 22.9 Å². The number of fused-ring (bicyclic) bond motifs is 1. The van der Waals surface area contributed by atoms with Crippen molar-refractivity contribution in [1.29, 1.82) is 0 Å². The van der Waals surface area contributed by atoms with Gasteiger partial charge in [0.05, 0.1) is 0 Å². The lowest BCUT2D eigenvalue weighted by Crippen LogP contribution is -1.82. The Morgan fingerprint density at radius 1 is 1.00 bits per heavy atom. The van der Waals surface area contributed by atoms with Gasteiger partial charge in [-0.1, -0.05) is 40.2 Å². The normalized spacial score (nSPS) is 10.9. The van der Waals surface area contributed by atoms with Crippen molar-refractivity contribution < 1.29 is 4.42 Å². The highest BCUT2D eigenvalue weighted by Gasteiger charge is 2.10. The average molecular weight is 289 g/mol. The van der Waals surface area contributed by atoms with Crippen molar-refractivity contribution in [2.24, 2.45) is 0 Å². The maximum absolute atomic E-state index is 5.48. The predicted molar refractivity (Wildman–Crippen MR) is 69.7 cm³/mol. The molecule has 2 aromatic carbocycles. The number of hydrogen-bond donors (Lipinski definition) is 0. The van der Waals surface area contributed by atoms with Crippen LogP contribution >= 0.6 is 15.9 Å². The van der Waals surface area contributed by atoms with Crippen LogP contribution in [0.15, 0.2) is 45.3 Å². The second kappa shape index (κ2) is 3.96. The Kier molecular flexibility index (Phi) is 2.44. The average Bonchev–Trinajstić information content (AvgIpc) is 2.76. The first-order valence-electron chi connectivity index (χ1n) is 5.23. The minimum atomic E-state index is 0.561. The fraction of sp³-hybridized carbons (Fsp3) is 0.0769. The van der Waals surface area contributed by atoms with Crippen molar-refractivity contribution in [2.45, 2.75) is 6.92 Å². The van der Waals surface area contributed by atoms with Crippen LogP contribution in [0.4, 0.5) is 0 Å². The van der Waals surface area contributed by atoms with Gasteiger partial charge in [-0.25, -0.2) is 0 Å². The molecule has 0 fully saturated rings. The molecular formula is C13H9BrN2O. The van der Waals surface area contributed by atoms with E-state index in [1.165, 1.54) is 0 Å². The van der Waals surface area contributed by atoms with Crippen molar-refractivity contribution in [3.8, 4) is 11.5 Å². The van der Waals surface area contributed by atoms with Gasteiger partial charge in [0.1, 0.15) is 0 Å². The van der Waals surface area contributed by atoms with Crippen molar-refractivity contribution in [2.75, 3.05) is 0 Å². The second-order valence-corrected chi connectivity index (χ2v) is 4.62. The van der Waals surface area contributed by atoms with E-state index in [0.29, 0.717) is 11.8 Å². The fourth-order valence-corrected chi connectivity index (χ4v) is 2.36. The molecule has 0 amide bonds. The Balaban J connectivity index is 2.34. The van der Waals surface area contributed by atoms with Crippen LogP contribution in [0.1, 0.15) is 5.89 Å². The van der Waals surface area contributed by atoms with Gasteiger partial charge in [0.15, 0.2) is 0 Å². The summed E-state index contributed by atoms with van der Waals surface area (Å²) in [5, 5.41) is 10.2. The first-order chi connectivity index (χ1) is 8.25. The molecule has 0 spiro atoms. The highest BCUT2D eigenvalue weighted by atomic mass is 79.9. The molecule has 0 aliphatic rings. The van der Waals surface area contributed by atoms with Gasteiger partial charge in [0.25, 0.3) is 0 Å². The molecule has 0 unspecified atom stereocenters. The second-order valence-electron chi connectivity index (χ2n) is 3.77. The van der Waals surface area contributed by atoms with E-state index in [4.69, 9.17) is 4.42 Å². The highest BCUT2D eigenvalue weighted by Crippen LogP contribution is 2.31. The molecular weight excluding hydrogens is 280 g/mol. The van der Waals surface area contributed by atoms with Crippen LogP contribution < -0.4 is 0 Å². The zero-order valence-electron chi connectivity index (χ0n) is 9.14.